The molecule has 63 heavy (non-hydrogen) atoms. The molecule has 0 saturated heterocycles. The first-order valence-corrected chi connectivity index (χ1v) is 22.3. The fourth-order valence-electron chi connectivity index (χ4n) is 10.1. The molecule has 0 aliphatic carbocycles. The Labute approximate surface area is 367 Å². The molecule has 2 aromatic heterocycles. The molecule has 2 heterocycles. The lowest BCUT2D eigenvalue weighted by atomic mass is 9.92. The highest BCUT2D eigenvalue weighted by Crippen LogP contribution is 2.47. The Hall–Kier alpha value is -7.98. The van der Waals surface area contributed by atoms with Gasteiger partial charge in [-0.2, -0.15) is 0 Å². The Bertz CT molecular complexity index is 4030. The zero-order valence-electron chi connectivity index (χ0n) is 34.1. The first-order chi connectivity index (χ1) is 31.3. The van der Waals surface area contributed by atoms with Gasteiger partial charge >= 0.3 is 0 Å². The molecule has 0 aliphatic rings. The smallest absolute Gasteiger partial charge is 0.159 e. The van der Waals surface area contributed by atoms with Crippen molar-refractivity contribution in [1.29, 1.82) is 0 Å². The van der Waals surface area contributed by atoms with E-state index < -0.39 is 0 Å². The molecule has 0 spiro atoms. The second-order valence-electron chi connectivity index (χ2n) is 16.3. The number of hydrogen-bond acceptors (Lipinski definition) is 3. The number of benzene rings is 10. The van der Waals surface area contributed by atoms with E-state index >= 15 is 0 Å². The summed E-state index contributed by atoms with van der Waals surface area (Å²) in [5, 5.41) is 16.9. The van der Waals surface area contributed by atoms with Gasteiger partial charge in [0.05, 0.1) is 5.69 Å². The molecule has 0 saturated carbocycles. The van der Waals surface area contributed by atoms with Crippen LogP contribution in [0.25, 0.3) is 107 Å². The number of para-hydroxylation sites is 2. The summed E-state index contributed by atoms with van der Waals surface area (Å²) in [7, 11) is 0. The Morgan fingerprint density at radius 1 is 0.302 bits per heavy atom. The molecular weight excluding hydrogens is 783 g/mol. The van der Waals surface area contributed by atoms with Crippen LogP contribution in [0.5, 0.6) is 0 Å². The lowest BCUT2D eigenvalue weighted by Crippen LogP contribution is -2.10. The van der Waals surface area contributed by atoms with Gasteiger partial charge in [0.25, 0.3) is 0 Å². The molecule has 0 radical (unpaired) electrons. The van der Waals surface area contributed by atoms with E-state index in [0.717, 1.165) is 39.0 Å². The van der Waals surface area contributed by atoms with Gasteiger partial charge < -0.3 is 9.32 Å². The molecule has 13 aromatic rings. The number of anilines is 3. The Morgan fingerprint density at radius 2 is 0.810 bits per heavy atom. The van der Waals surface area contributed by atoms with Crippen molar-refractivity contribution in [2.75, 3.05) is 4.90 Å². The van der Waals surface area contributed by atoms with Gasteiger partial charge in [0, 0.05) is 42.3 Å². The van der Waals surface area contributed by atoms with E-state index in [9.17, 15) is 0 Å². The Kier molecular flexibility index (Phi) is 8.12. The van der Waals surface area contributed by atoms with Gasteiger partial charge in [0.15, 0.2) is 5.58 Å². The standard InChI is InChI=1S/C60H37NOS/c1-2-15-38(16-3-1)39-29-31-40(32-30-39)61(54-26-14-25-51-48-22-10-12-27-55(48)62-60(51)54)41-33-34-47-45-20-7-5-18-43(45)42-17-4-6-19-44(42)46-21-8-9-23-49(46)58-50(53(47)37-41)35-36-57-59(58)52-24-11-13-28-56(52)63-57/h1-37H. The number of fused-ring (bicyclic) bond motifs is 17. The minimum atomic E-state index is 0.855. The van der Waals surface area contributed by atoms with E-state index in [0.29, 0.717) is 0 Å². The van der Waals surface area contributed by atoms with Gasteiger partial charge in [-0.25, -0.2) is 0 Å². The third-order valence-corrected chi connectivity index (χ3v) is 14.0. The van der Waals surface area contributed by atoms with Crippen molar-refractivity contribution >= 4 is 124 Å². The van der Waals surface area contributed by atoms with Gasteiger partial charge in [-0.1, -0.05) is 176 Å². The SMILES string of the molecule is c1ccc(-c2ccc(N(c3ccc4c5ccccc5c5ccccc5c5ccccc5c5c(ccc6sc7ccccc7c65)c4c3)c3cccc4c3oc3ccccc34)cc2)cc1. The van der Waals surface area contributed by atoms with Crippen molar-refractivity contribution in [3.8, 4) is 11.1 Å². The third kappa shape index (κ3) is 5.64. The van der Waals surface area contributed by atoms with Crippen LogP contribution in [0.2, 0.25) is 0 Å². The molecule has 0 aliphatic heterocycles. The molecule has 294 valence electrons. The fourth-order valence-corrected chi connectivity index (χ4v) is 11.2. The van der Waals surface area contributed by atoms with Crippen LogP contribution in [0, 0.1) is 0 Å². The summed E-state index contributed by atoms with van der Waals surface area (Å²) in [6.45, 7) is 0. The van der Waals surface area contributed by atoms with Gasteiger partial charge in [0.1, 0.15) is 5.58 Å². The maximum atomic E-state index is 6.79. The molecule has 0 amide bonds. The van der Waals surface area contributed by atoms with Gasteiger partial charge in [0.2, 0.25) is 0 Å². The highest BCUT2D eigenvalue weighted by Gasteiger charge is 2.21. The van der Waals surface area contributed by atoms with Crippen LogP contribution in [-0.2, 0) is 0 Å². The van der Waals surface area contributed by atoms with Crippen molar-refractivity contribution in [3.63, 3.8) is 0 Å². The molecule has 11 aromatic carbocycles. The molecule has 13 rings (SSSR count). The molecule has 0 unspecified atom stereocenters. The average Bonchev–Trinajstić information content (AvgIpc) is 3.93. The van der Waals surface area contributed by atoms with Crippen molar-refractivity contribution in [3.05, 3.63) is 224 Å². The summed E-state index contributed by atoms with van der Waals surface area (Å²) in [5.74, 6) is 0. The van der Waals surface area contributed by atoms with Crippen LogP contribution >= 0.6 is 11.3 Å². The molecule has 0 atom stereocenters. The average molecular weight is 820 g/mol. The normalized spacial score (nSPS) is 11.8. The number of hydrogen-bond donors (Lipinski definition) is 0. The van der Waals surface area contributed by atoms with Crippen molar-refractivity contribution < 1.29 is 4.42 Å². The van der Waals surface area contributed by atoms with Crippen LogP contribution in [0.4, 0.5) is 17.1 Å². The highest BCUT2D eigenvalue weighted by atomic mass is 32.1. The van der Waals surface area contributed by atoms with E-state index in [-0.39, 0.29) is 0 Å². The van der Waals surface area contributed by atoms with E-state index in [1.54, 1.807) is 0 Å². The minimum Gasteiger partial charge on any atom is -0.454 e. The van der Waals surface area contributed by atoms with Gasteiger partial charge in [-0.3, -0.25) is 0 Å². The van der Waals surface area contributed by atoms with Crippen LogP contribution in [-0.4, -0.2) is 0 Å². The maximum absolute atomic E-state index is 6.79. The summed E-state index contributed by atoms with van der Waals surface area (Å²) in [6, 6.07) is 82.0. The predicted molar refractivity (Wildman–Crippen MR) is 272 cm³/mol. The number of furan rings is 1. The topological polar surface area (TPSA) is 16.4 Å². The highest BCUT2D eigenvalue weighted by molar-refractivity contribution is 7.26. The van der Waals surface area contributed by atoms with Crippen LogP contribution in [0.15, 0.2) is 229 Å². The molecular formula is C60H37NOS. The maximum Gasteiger partial charge on any atom is 0.159 e. The van der Waals surface area contributed by atoms with Crippen molar-refractivity contribution in [2.24, 2.45) is 0 Å². The molecule has 3 heteroatoms. The Balaban J connectivity index is 1.22. The van der Waals surface area contributed by atoms with E-state index in [4.69, 9.17) is 4.42 Å². The summed E-state index contributed by atoms with van der Waals surface area (Å²) in [5.41, 5.74) is 7.15. The van der Waals surface area contributed by atoms with Crippen LogP contribution in [0.1, 0.15) is 0 Å². The quantitative estimate of drug-likeness (QED) is 0.176. The zero-order valence-corrected chi connectivity index (χ0v) is 34.9. The fraction of sp³-hybridized carbons (Fsp3) is 0. The Morgan fingerprint density at radius 3 is 1.52 bits per heavy atom. The van der Waals surface area contributed by atoms with Gasteiger partial charge in [-0.05, 0) is 114 Å². The first-order valence-electron chi connectivity index (χ1n) is 21.5. The zero-order chi connectivity index (χ0) is 41.4. The molecule has 0 bridgehead atoms. The van der Waals surface area contributed by atoms with Crippen LogP contribution < -0.4 is 4.90 Å². The molecule has 2 nitrogen and oxygen atoms in total. The van der Waals surface area contributed by atoms with Crippen molar-refractivity contribution in [2.45, 2.75) is 0 Å². The summed E-state index contributed by atoms with van der Waals surface area (Å²) in [6.07, 6.45) is 0. The van der Waals surface area contributed by atoms with Crippen LogP contribution in [0.3, 0.4) is 0 Å². The summed E-state index contributed by atoms with van der Waals surface area (Å²) < 4.78 is 9.37. The van der Waals surface area contributed by atoms with E-state index in [2.05, 4.69) is 223 Å². The van der Waals surface area contributed by atoms with E-state index in [1.165, 1.54) is 85.2 Å². The number of thiophene rings is 1. The summed E-state index contributed by atoms with van der Waals surface area (Å²) in [4.78, 5) is 2.38. The lowest BCUT2D eigenvalue weighted by molar-refractivity contribution is 0.669. The summed E-state index contributed by atoms with van der Waals surface area (Å²) >= 11 is 1.87. The minimum absolute atomic E-state index is 0.855. The van der Waals surface area contributed by atoms with Gasteiger partial charge in [-0.15, -0.1) is 11.3 Å². The largest absolute Gasteiger partial charge is 0.454 e. The second kappa shape index (κ2) is 14.3. The number of nitrogens with zero attached hydrogens (tertiary/aromatic N) is 1. The lowest BCUT2D eigenvalue weighted by Gasteiger charge is -2.26. The molecule has 0 fully saturated rings. The second-order valence-corrected chi connectivity index (χ2v) is 17.4. The van der Waals surface area contributed by atoms with E-state index in [1.807, 2.05) is 17.4 Å². The first kappa shape index (κ1) is 35.7. The third-order valence-electron chi connectivity index (χ3n) is 12.9. The molecule has 0 N–H and O–H groups in total. The predicted octanol–water partition coefficient (Wildman–Crippen LogP) is 18.0. The monoisotopic (exact) mass is 819 g/mol. The number of rotatable bonds is 4. The van der Waals surface area contributed by atoms with Crippen molar-refractivity contribution in [1.82, 2.24) is 0 Å².